The lowest BCUT2D eigenvalue weighted by atomic mass is 10.1. The molecule has 0 fully saturated rings. The van der Waals surface area contributed by atoms with Crippen LogP contribution in [-0.4, -0.2) is 25.6 Å². The highest BCUT2D eigenvalue weighted by Gasteiger charge is 2.11. The van der Waals surface area contributed by atoms with Gasteiger partial charge in [-0.15, -0.1) is 0 Å². The Morgan fingerprint density at radius 3 is 2.48 bits per heavy atom. The SMILES string of the molecule is CS(=O)(=O)Cc1ccc(C(=O)Nc2nc3ccccc3s2)cc1. The van der Waals surface area contributed by atoms with Crippen molar-refractivity contribution in [1.29, 1.82) is 0 Å². The zero-order valence-corrected chi connectivity index (χ0v) is 13.9. The number of fused-ring (bicyclic) bond motifs is 1. The van der Waals surface area contributed by atoms with Crippen LogP contribution in [0.1, 0.15) is 15.9 Å². The molecule has 0 atom stereocenters. The molecule has 118 valence electrons. The Morgan fingerprint density at radius 1 is 1.13 bits per heavy atom. The van der Waals surface area contributed by atoms with Crippen molar-refractivity contribution >= 4 is 42.4 Å². The van der Waals surface area contributed by atoms with Gasteiger partial charge in [0.15, 0.2) is 15.0 Å². The van der Waals surface area contributed by atoms with Crippen molar-refractivity contribution in [1.82, 2.24) is 4.98 Å². The molecule has 0 radical (unpaired) electrons. The van der Waals surface area contributed by atoms with Crippen LogP contribution in [0.4, 0.5) is 5.13 Å². The predicted molar refractivity (Wildman–Crippen MR) is 92.6 cm³/mol. The van der Waals surface area contributed by atoms with Crippen molar-refractivity contribution < 1.29 is 13.2 Å². The van der Waals surface area contributed by atoms with E-state index >= 15 is 0 Å². The zero-order chi connectivity index (χ0) is 16.4. The van der Waals surface area contributed by atoms with Gasteiger partial charge in [-0.2, -0.15) is 0 Å². The summed E-state index contributed by atoms with van der Waals surface area (Å²) in [4.78, 5) is 16.6. The summed E-state index contributed by atoms with van der Waals surface area (Å²) >= 11 is 1.41. The lowest BCUT2D eigenvalue weighted by Gasteiger charge is -2.03. The van der Waals surface area contributed by atoms with Gasteiger partial charge in [-0.25, -0.2) is 13.4 Å². The fourth-order valence-electron chi connectivity index (χ4n) is 2.15. The molecule has 3 aromatic rings. The number of sulfone groups is 1. The van der Waals surface area contributed by atoms with Crippen LogP contribution in [0.25, 0.3) is 10.2 Å². The maximum Gasteiger partial charge on any atom is 0.257 e. The summed E-state index contributed by atoms with van der Waals surface area (Å²) < 4.78 is 23.5. The second-order valence-electron chi connectivity index (χ2n) is 5.21. The van der Waals surface area contributed by atoms with Crippen molar-refractivity contribution in [2.24, 2.45) is 0 Å². The Bertz CT molecular complexity index is 927. The van der Waals surface area contributed by atoms with Crippen LogP contribution < -0.4 is 5.32 Å². The normalized spacial score (nSPS) is 11.5. The molecule has 23 heavy (non-hydrogen) atoms. The molecule has 5 nitrogen and oxygen atoms in total. The second-order valence-corrected chi connectivity index (χ2v) is 8.38. The first-order valence-electron chi connectivity index (χ1n) is 6.84. The third-order valence-electron chi connectivity index (χ3n) is 3.16. The Morgan fingerprint density at radius 2 is 1.83 bits per heavy atom. The fourth-order valence-corrected chi connectivity index (χ4v) is 3.81. The molecule has 0 bridgehead atoms. The van der Waals surface area contributed by atoms with Crippen molar-refractivity contribution in [3.05, 3.63) is 59.7 Å². The standard InChI is InChI=1S/C16H14N2O3S2/c1-23(20,21)10-11-6-8-12(9-7-11)15(19)18-16-17-13-4-2-3-5-14(13)22-16/h2-9H,10H2,1H3,(H,17,18,19). The van der Waals surface area contributed by atoms with Crippen molar-refractivity contribution in [2.45, 2.75) is 5.75 Å². The maximum absolute atomic E-state index is 12.2. The van der Waals surface area contributed by atoms with Gasteiger partial charge in [0.2, 0.25) is 0 Å². The van der Waals surface area contributed by atoms with Gasteiger partial charge in [0.25, 0.3) is 5.91 Å². The first-order valence-corrected chi connectivity index (χ1v) is 9.72. The number of rotatable bonds is 4. The number of para-hydroxylation sites is 1. The molecule has 1 aromatic heterocycles. The average Bonchev–Trinajstić information content (AvgIpc) is 2.88. The van der Waals surface area contributed by atoms with Crippen molar-refractivity contribution in [3.8, 4) is 0 Å². The van der Waals surface area contributed by atoms with E-state index in [1.165, 1.54) is 17.6 Å². The average molecular weight is 346 g/mol. The minimum Gasteiger partial charge on any atom is -0.298 e. The third-order valence-corrected chi connectivity index (χ3v) is 4.97. The zero-order valence-electron chi connectivity index (χ0n) is 12.3. The molecule has 0 unspecified atom stereocenters. The summed E-state index contributed by atoms with van der Waals surface area (Å²) in [5, 5.41) is 3.30. The van der Waals surface area contributed by atoms with Gasteiger partial charge in [-0.1, -0.05) is 35.6 Å². The molecule has 0 saturated carbocycles. The summed E-state index contributed by atoms with van der Waals surface area (Å²) in [5.41, 5.74) is 1.96. The van der Waals surface area contributed by atoms with Crippen LogP contribution in [-0.2, 0) is 15.6 Å². The predicted octanol–water partition coefficient (Wildman–Crippen LogP) is 3.09. The van der Waals surface area contributed by atoms with E-state index in [2.05, 4.69) is 10.3 Å². The molecule has 0 aliphatic rings. The van der Waals surface area contributed by atoms with Crippen LogP contribution in [0.15, 0.2) is 48.5 Å². The Balaban J connectivity index is 1.75. The lowest BCUT2D eigenvalue weighted by molar-refractivity contribution is 0.102. The molecule has 0 saturated heterocycles. The number of nitrogens with one attached hydrogen (secondary N) is 1. The van der Waals surface area contributed by atoms with E-state index in [1.54, 1.807) is 24.3 Å². The molecule has 0 spiro atoms. The van der Waals surface area contributed by atoms with Gasteiger partial charge >= 0.3 is 0 Å². The van der Waals surface area contributed by atoms with Gasteiger partial charge in [0.1, 0.15) is 0 Å². The lowest BCUT2D eigenvalue weighted by Crippen LogP contribution is -2.11. The molecule has 1 amide bonds. The van der Waals surface area contributed by atoms with Crippen LogP contribution in [0.2, 0.25) is 0 Å². The highest BCUT2D eigenvalue weighted by molar-refractivity contribution is 7.89. The number of thiazole rings is 1. The maximum atomic E-state index is 12.2. The minimum absolute atomic E-state index is 0.0350. The molecule has 1 N–H and O–H groups in total. The largest absolute Gasteiger partial charge is 0.298 e. The minimum atomic E-state index is -3.08. The molecule has 0 aliphatic heterocycles. The van der Waals surface area contributed by atoms with Crippen LogP contribution >= 0.6 is 11.3 Å². The smallest absolute Gasteiger partial charge is 0.257 e. The van der Waals surface area contributed by atoms with Crippen LogP contribution in [0, 0.1) is 0 Å². The Labute approximate surface area is 137 Å². The Hall–Kier alpha value is -2.25. The van der Waals surface area contributed by atoms with Gasteiger partial charge in [0, 0.05) is 11.8 Å². The molecule has 1 heterocycles. The topological polar surface area (TPSA) is 76.1 Å². The Kier molecular flexibility index (Phi) is 4.14. The summed E-state index contributed by atoms with van der Waals surface area (Å²) in [6.45, 7) is 0. The van der Waals surface area contributed by atoms with Gasteiger partial charge in [-0.3, -0.25) is 10.1 Å². The van der Waals surface area contributed by atoms with E-state index in [9.17, 15) is 13.2 Å². The van der Waals surface area contributed by atoms with E-state index in [4.69, 9.17) is 0 Å². The number of benzene rings is 2. The molecule has 7 heteroatoms. The van der Waals surface area contributed by atoms with E-state index < -0.39 is 9.84 Å². The van der Waals surface area contributed by atoms with Crippen LogP contribution in [0.3, 0.4) is 0 Å². The van der Waals surface area contributed by atoms with Crippen molar-refractivity contribution in [2.75, 3.05) is 11.6 Å². The summed E-state index contributed by atoms with van der Waals surface area (Å²) in [5.74, 6) is -0.304. The second kappa shape index (κ2) is 6.10. The third kappa shape index (κ3) is 3.94. The first kappa shape index (κ1) is 15.6. The number of nitrogens with zero attached hydrogens (tertiary/aromatic N) is 1. The number of hydrogen-bond acceptors (Lipinski definition) is 5. The summed E-state index contributed by atoms with van der Waals surface area (Å²) in [6, 6.07) is 14.2. The first-order chi connectivity index (χ1) is 10.9. The van der Waals surface area contributed by atoms with E-state index in [1.807, 2.05) is 24.3 Å². The molecular weight excluding hydrogens is 332 g/mol. The number of carbonyl (C=O) groups is 1. The summed E-state index contributed by atoms with van der Waals surface area (Å²) in [6.07, 6.45) is 1.18. The highest BCUT2D eigenvalue weighted by atomic mass is 32.2. The number of anilines is 1. The number of aromatic nitrogens is 1. The highest BCUT2D eigenvalue weighted by Crippen LogP contribution is 2.25. The van der Waals surface area contributed by atoms with E-state index in [-0.39, 0.29) is 11.7 Å². The summed E-state index contributed by atoms with van der Waals surface area (Å²) in [7, 11) is -3.08. The van der Waals surface area contributed by atoms with Crippen molar-refractivity contribution in [3.63, 3.8) is 0 Å². The number of hydrogen-bond donors (Lipinski definition) is 1. The van der Waals surface area contributed by atoms with Gasteiger partial charge in [0.05, 0.1) is 16.0 Å². The molecule has 2 aromatic carbocycles. The molecular formula is C16H14N2O3S2. The monoisotopic (exact) mass is 346 g/mol. The molecule has 0 aliphatic carbocycles. The van der Waals surface area contributed by atoms with E-state index in [0.29, 0.717) is 16.3 Å². The fraction of sp³-hybridized carbons (Fsp3) is 0.125. The van der Waals surface area contributed by atoms with E-state index in [0.717, 1.165) is 10.2 Å². The van der Waals surface area contributed by atoms with Gasteiger partial charge in [-0.05, 0) is 29.8 Å². The molecule has 3 rings (SSSR count). The number of amides is 1. The van der Waals surface area contributed by atoms with Gasteiger partial charge < -0.3 is 0 Å². The quantitative estimate of drug-likeness (QED) is 0.787. The van der Waals surface area contributed by atoms with Crippen LogP contribution in [0.5, 0.6) is 0 Å². The number of carbonyl (C=O) groups excluding carboxylic acids is 1.